The third kappa shape index (κ3) is 3.73. The number of aliphatic hydroxyl groups is 1. The van der Waals surface area contributed by atoms with Gasteiger partial charge in [0.25, 0.3) is 0 Å². The van der Waals surface area contributed by atoms with Crippen molar-refractivity contribution >= 4 is 11.6 Å². The van der Waals surface area contributed by atoms with Crippen molar-refractivity contribution in [1.29, 1.82) is 0 Å². The molecule has 24 heavy (non-hydrogen) atoms. The quantitative estimate of drug-likeness (QED) is 0.758. The molecule has 1 amide bonds. The molecular formula is C17H23N5O2. The normalized spacial score (nSPS) is 16.8. The van der Waals surface area contributed by atoms with Crippen molar-refractivity contribution in [1.82, 2.24) is 20.3 Å². The van der Waals surface area contributed by atoms with Gasteiger partial charge in [-0.2, -0.15) is 0 Å². The minimum atomic E-state index is -0.104. The van der Waals surface area contributed by atoms with Crippen molar-refractivity contribution in [3.63, 3.8) is 0 Å². The van der Waals surface area contributed by atoms with Crippen LogP contribution < -0.4 is 10.2 Å². The number of carbonyl (C=O) groups is 1. The van der Waals surface area contributed by atoms with Gasteiger partial charge in [0.05, 0.1) is 18.7 Å². The Labute approximate surface area is 141 Å². The van der Waals surface area contributed by atoms with E-state index in [0.717, 1.165) is 19.4 Å². The van der Waals surface area contributed by atoms with Crippen molar-refractivity contribution in [2.75, 3.05) is 25.0 Å². The van der Waals surface area contributed by atoms with Gasteiger partial charge in [0.2, 0.25) is 5.91 Å². The summed E-state index contributed by atoms with van der Waals surface area (Å²) < 4.78 is 1.68. The largest absolute Gasteiger partial charge is 0.390 e. The fraction of sp³-hybridized carbons (Fsp3) is 0.471. The van der Waals surface area contributed by atoms with Gasteiger partial charge >= 0.3 is 0 Å². The summed E-state index contributed by atoms with van der Waals surface area (Å²) in [5, 5.41) is 19.7. The molecule has 1 aliphatic rings. The van der Waals surface area contributed by atoms with Gasteiger partial charge in [-0.15, -0.1) is 5.10 Å². The minimum Gasteiger partial charge on any atom is -0.390 e. The first-order valence-electron chi connectivity index (χ1n) is 8.24. The average molecular weight is 329 g/mol. The van der Waals surface area contributed by atoms with Crippen LogP contribution in [0.4, 0.5) is 5.69 Å². The predicted molar refractivity (Wildman–Crippen MR) is 90.5 cm³/mol. The third-order valence-electron chi connectivity index (χ3n) is 4.35. The summed E-state index contributed by atoms with van der Waals surface area (Å²) in [5.74, 6) is 0.0863. The Balaban J connectivity index is 1.46. The van der Waals surface area contributed by atoms with Gasteiger partial charge in [-0.05, 0) is 24.5 Å². The maximum absolute atomic E-state index is 12.4. The van der Waals surface area contributed by atoms with E-state index in [1.165, 1.54) is 11.3 Å². The van der Waals surface area contributed by atoms with E-state index >= 15 is 0 Å². The van der Waals surface area contributed by atoms with Gasteiger partial charge in [-0.25, -0.2) is 0 Å². The van der Waals surface area contributed by atoms with Gasteiger partial charge in [0.1, 0.15) is 5.69 Å². The molecule has 1 aromatic carbocycles. The molecule has 128 valence electrons. The van der Waals surface area contributed by atoms with Crippen molar-refractivity contribution in [3.05, 3.63) is 41.7 Å². The third-order valence-corrected chi connectivity index (χ3v) is 4.35. The summed E-state index contributed by atoms with van der Waals surface area (Å²) in [7, 11) is 2.03. The molecule has 0 radical (unpaired) electrons. The molecule has 0 bridgehead atoms. The Kier molecular flexibility index (Phi) is 5.10. The highest BCUT2D eigenvalue weighted by Gasteiger charge is 2.26. The van der Waals surface area contributed by atoms with Crippen LogP contribution in [0, 0.1) is 5.92 Å². The van der Waals surface area contributed by atoms with E-state index in [0.29, 0.717) is 18.8 Å². The first kappa shape index (κ1) is 16.4. The maximum atomic E-state index is 12.4. The van der Waals surface area contributed by atoms with Gasteiger partial charge in [-0.1, -0.05) is 23.4 Å². The number of nitrogens with one attached hydrogen (secondary N) is 1. The van der Waals surface area contributed by atoms with Gasteiger partial charge in [0.15, 0.2) is 0 Å². The number of amides is 1. The number of aromatic nitrogens is 3. The Hall–Kier alpha value is -2.41. The second-order valence-corrected chi connectivity index (χ2v) is 6.19. The van der Waals surface area contributed by atoms with Crippen LogP contribution in [0.2, 0.25) is 0 Å². The first-order chi connectivity index (χ1) is 11.7. The molecule has 0 aliphatic carbocycles. The Morgan fingerprint density at radius 3 is 3.04 bits per heavy atom. The fourth-order valence-corrected chi connectivity index (χ4v) is 3.11. The van der Waals surface area contributed by atoms with Gasteiger partial charge in [-0.3, -0.25) is 9.48 Å². The number of benzene rings is 1. The Morgan fingerprint density at radius 2 is 2.25 bits per heavy atom. The number of aliphatic hydroxyl groups excluding tert-OH is 1. The number of hydrogen-bond donors (Lipinski definition) is 2. The van der Waals surface area contributed by atoms with Crippen molar-refractivity contribution in [3.8, 4) is 0 Å². The molecule has 0 spiro atoms. The molecule has 0 fully saturated rings. The lowest BCUT2D eigenvalue weighted by molar-refractivity contribution is -0.124. The summed E-state index contributed by atoms with van der Waals surface area (Å²) >= 11 is 0. The number of anilines is 1. The highest BCUT2D eigenvalue weighted by Crippen LogP contribution is 2.28. The molecule has 2 N–H and O–H groups in total. The Morgan fingerprint density at radius 1 is 1.42 bits per heavy atom. The second kappa shape index (κ2) is 7.44. The van der Waals surface area contributed by atoms with Crippen molar-refractivity contribution in [2.45, 2.75) is 26.0 Å². The monoisotopic (exact) mass is 329 g/mol. The molecule has 0 saturated carbocycles. The molecule has 1 atom stereocenters. The van der Waals surface area contributed by atoms with Crippen molar-refractivity contribution < 1.29 is 9.90 Å². The van der Waals surface area contributed by atoms with E-state index in [-0.39, 0.29) is 18.4 Å². The van der Waals surface area contributed by atoms with Crippen LogP contribution in [0.25, 0.3) is 0 Å². The van der Waals surface area contributed by atoms with E-state index in [1.54, 1.807) is 10.9 Å². The van der Waals surface area contributed by atoms with E-state index < -0.39 is 0 Å². The van der Waals surface area contributed by atoms with Gasteiger partial charge < -0.3 is 15.3 Å². The van der Waals surface area contributed by atoms with Crippen LogP contribution in [-0.4, -0.2) is 46.1 Å². The summed E-state index contributed by atoms with van der Waals surface area (Å²) in [4.78, 5) is 14.6. The number of carbonyl (C=O) groups excluding carboxylic acids is 1. The highest BCUT2D eigenvalue weighted by atomic mass is 16.3. The number of nitrogens with zero attached hydrogens (tertiary/aromatic N) is 4. The molecule has 7 nitrogen and oxygen atoms in total. The van der Waals surface area contributed by atoms with E-state index in [2.05, 4.69) is 32.7 Å². The zero-order valence-electron chi connectivity index (χ0n) is 13.9. The fourth-order valence-electron chi connectivity index (χ4n) is 3.11. The summed E-state index contributed by atoms with van der Waals surface area (Å²) in [6.45, 7) is 1.91. The van der Waals surface area contributed by atoms with Crippen LogP contribution in [0.15, 0.2) is 30.5 Å². The summed E-state index contributed by atoms with van der Waals surface area (Å²) in [6, 6.07) is 8.24. The number of fused-ring (bicyclic) bond motifs is 1. The molecule has 2 aromatic rings. The lowest BCUT2D eigenvalue weighted by Gasteiger charge is -2.32. The second-order valence-electron chi connectivity index (χ2n) is 6.19. The van der Waals surface area contributed by atoms with Crippen LogP contribution >= 0.6 is 0 Å². The topological polar surface area (TPSA) is 83.3 Å². The van der Waals surface area contributed by atoms with E-state index in [9.17, 15) is 4.79 Å². The van der Waals surface area contributed by atoms with Crippen molar-refractivity contribution in [2.24, 2.45) is 5.92 Å². The van der Waals surface area contributed by atoms with E-state index in [4.69, 9.17) is 5.11 Å². The van der Waals surface area contributed by atoms with Crippen LogP contribution in [0.1, 0.15) is 17.7 Å². The number of aryl methyl sites for hydroxylation is 1. The molecular weight excluding hydrogens is 306 g/mol. The first-order valence-corrected chi connectivity index (χ1v) is 8.24. The van der Waals surface area contributed by atoms with Crippen LogP contribution in [-0.2, 0) is 24.4 Å². The maximum Gasteiger partial charge on any atom is 0.225 e. The molecule has 7 heteroatoms. The molecule has 1 aromatic heterocycles. The number of hydrogen-bond acceptors (Lipinski definition) is 5. The zero-order chi connectivity index (χ0) is 16.9. The van der Waals surface area contributed by atoms with Crippen LogP contribution in [0.5, 0.6) is 0 Å². The molecule has 1 aliphatic heterocycles. The molecule has 1 unspecified atom stereocenters. The number of para-hydroxylation sites is 1. The zero-order valence-corrected chi connectivity index (χ0v) is 13.9. The SMILES string of the molecule is CN1CC(C(=O)NCCCn2cc(CO)nn2)Cc2ccccc21. The smallest absolute Gasteiger partial charge is 0.225 e. The molecule has 2 heterocycles. The lowest BCUT2D eigenvalue weighted by Crippen LogP contribution is -2.42. The molecule has 0 saturated heterocycles. The van der Waals surface area contributed by atoms with Crippen LogP contribution in [0.3, 0.4) is 0 Å². The van der Waals surface area contributed by atoms with E-state index in [1.807, 2.05) is 19.2 Å². The lowest BCUT2D eigenvalue weighted by atomic mass is 9.92. The summed E-state index contributed by atoms with van der Waals surface area (Å²) in [6.07, 6.45) is 3.28. The minimum absolute atomic E-state index is 0.0164. The standard InChI is InChI=1S/C17H23N5O2/c1-21-10-14(9-13-5-2-3-6-16(13)21)17(24)18-7-4-8-22-11-15(12-23)19-20-22/h2-3,5-6,11,14,23H,4,7-10,12H2,1H3,(H,18,24). The molecule has 3 rings (SSSR count). The highest BCUT2D eigenvalue weighted by molar-refractivity contribution is 5.81. The predicted octanol–water partition coefficient (Wildman–Crippen LogP) is 0.585. The Bertz CT molecular complexity index is 700. The average Bonchev–Trinajstić information content (AvgIpc) is 3.06. The number of rotatable bonds is 6. The summed E-state index contributed by atoms with van der Waals surface area (Å²) in [5.41, 5.74) is 3.00. The van der Waals surface area contributed by atoms with Gasteiger partial charge in [0, 0.05) is 32.4 Å².